The molecule has 0 bridgehead atoms. The monoisotopic (exact) mass is 328 g/mol. The molecule has 0 saturated carbocycles. The molecule has 0 fully saturated rings. The van der Waals surface area contributed by atoms with Gasteiger partial charge >= 0.3 is 8.25 Å². The van der Waals surface area contributed by atoms with Crippen molar-refractivity contribution in [3.8, 4) is 5.75 Å². The highest BCUT2D eigenvalue weighted by Gasteiger charge is 2.27. The number of rotatable bonds is 4. The molecule has 1 rings (SSSR count). The number of benzene rings is 1. The molecule has 2 N–H and O–H groups in total. The molecule has 22 heavy (non-hydrogen) atoms. The van der Waals surface area contributed by atoms with E-state index in [0.29, 0.717) is 16.7 Å². The molecule has 0 radical (unpaired) electrons. The molecule has 1 unspecified atom stereocenters. The molecule has 0 aromatic heterocycles. The highest BCUT2D eigenvalue weighted by atomic mass is 31.1. The zero-order valence-corrected chi connectivity index (χ0v) is 15.0. The summed E-state index contributed by atoms with van der Waals surface area (Å²) in [5, 5.41) is 10.6. The van der Waals surface area contributed by atoms with E-state index in [1.54, 1.807) is 12.1 Å². The molecular weight excluding hydrogens is 303 g/mol. The maximum absolute atomic E-state index is 12.2. The maximum Gasteiger partial charge on any atom is 0.317 e. The Morgan fingerprint density at radius 3 is 1.82 bits per heavy atom. The van der Waals surface area contributed by atoms with Gasteiger partial charge in [0, 0.05) is 16.7 Å². The van der Waals surface area contributed by atoms with E-state index < -0.39 is 14.9 Å². The van der Waals surface area contributed by atoms with Crippen molar-refractivity contribution < 1.29 is 23.9 Å². The largest absolute Gasteiger partial charge is 0.507 e. The van der Waals surface area contributed by atoms with Crippen LogP contribution < -0.4 is 0 Å². The topological polar surface area (TPSA) is 83.8 Å². The van der Waals surface area contributed by atoms with Crippen LogP contribution >= 0.6 is 8.25 Å². The molecule has 0 aliphatic rings. The van der Waals surface area contributed by atoms with Gasteiger partial charge in [-0.25, -0.2) is 0 Å². The van der Waals surface area contributed by atoms with Gasteiger partial charge in [-0.3, -0.25) is 9.36 Å². The highest BCUT2D eigenvalue weighted by molar-refractivity contribution is 7.32. The zero-order chi connectivity index (χ0) is 17.3. The Labute approximate surface area is 132 Å². The summed E-state index contributed by atoms with van der Waals surface area (Å²) in [6.45, 7) is 11.2. The summed E-state index contributed by atoms with van der Waals surface area (Å²) < 4.78 is 15.1. The van der Waals surface area contributed by atoms with Crippen LogP contribution in [0, 0.1) is 0 Å². The SMILES string of the molecule is CC(C)(C)c1cc(C(=O)CO[PH](=O)O)cc(C(C)(C)C)c1O. The fraction of sp³-hybridized carbons (Fsp3) is 0.562. The third-order valence-corrected chi connectivity index (χ3v) is 3.77. The minimum absolute atomic E-state index is 0.188. The first-order valence-corrected chi connectivity index (χ1v) is 8.37. The van der Waals surface area contributed by atoms with Crippen LogP contribution in [0.25, 0.3) is 0 Å². The van der Waals surface area contributed by atoms with E-state index in [1.807, 2.05) is 41.5 Å². The van der Waals surface area contributed by atoms with E-state index in [0.717, 1.165) is 0 Å². The van der Waals surface area contributed by atoms with Gasteiger partial charge < -0.3 is 14.5 Å². The average molecular weight is 328 g/mol. The lowest BCUT2D eigenvalue weighted by molar-refractivity contribution is 0.0916. The van der Waals surface area contributed by atoms with Crippen molar-refractivity contribution in [3.63, 3.8) is 0 Å². The Balaban J connectivity index is 3.41. The Bertz CT molecular complexity index is 559. The standard InChI is InChI=1S/C16H25O5P/c1-15(2,3)11-7-10(13(17)9-21-22(19)20)8-12(14(11)18)16(4,5)6/h7-8,18,22H,9H2,1-6H3,(H,19,20). The van der Waals surface area contributed by atoms with E-state index in [-0.39, 0.29) is 22.4 Å². The molecule has 6 heteroatoms. The lowest BCUT2D eigenvalue weighted by Crippen LogP contribution is -2.19. The summed E-state index contributed by atoms with van der Waals surface area (Å²) in [5.74, 6) is -0.198. The smallest absolute Gasteiger partial charge is 0.317 e. The first kappa shape index (κ1) is 18.9. The molecule has 5 nitrogen and oxygen atoms in total. The summed E-state index contributed by atoms with van der Waals surface area (Å²) in [5.41, 5.74) is 1.02. The summed E-state index contributed by atoms with van der Waals surface area (Å²) in [7, 11) is -3.14. The molecule has 0 amide bonds. The molecule has 0 aliphatic heterocycles. The summed E-state index contributed by atoms with van der Waals surface area (Å²) in [6, 6.07) is 3.26. The minimum atomic E-state index is -3.14. The van der Waals surface area contributed by atoms with Gasteiger partial charge in [0.2, 0.25) is 0 Å². The maximum atomic E-state index is 12.2. The molecule has 0 saturated heterocycles. The number of ketones is 1. The van der Waals surface area contributed by atoms with Crippen molar-refractivity contribution in [3.05, 3.63) is 28.8 Å². The van der Waals surface area contributed by atoms with Crippen molar-refractivity contribution in [1.82, 2.24) is 0 Å². The molecule has 0 spiro atoms. The first-order chi connectivity index (χ1) is 9.84. The zero-order valence-electron chi connectivity index (χ0n) is 14.0. The minimum Gasteiger partial charge on any atom is -0.507 e. The number of hydrogen-bond donors (Lipinski definition) is 2. The number of carbonyl (C=O) groups is 1. The second kappa shape index (κ2) is 6.53. The van der Waals surface area contributed by atoms with E-state index in [2.05, 4.69) is 4.52 Å². The predicted molar refractivity (Wildman–Crippen MR) is 87.0 cm³/mol. The van der Waals surface area contributed by atoms with E-state index in [1.165, 1.54) is 0 Å². The number of hydrogen-bond acceptors (Lipinski definition) is 4. The van der Waals surface area contributed by atoms with Crippen molar-refractivity contribution >= 4 is 14.0 Å². The Morgan fingerprint density at radius 2 is 1.50 bits per heavy atom. The van der Waals surface area contributed by atoms with E-state index in [9.17, 15) is 14.5 Å². The normalized spacial score (nSPS) is 14.0. The van der Waals surface area contributed by atoms with Crippen LogP contribution in [0.5, 0.6) is 5.75 Å². The highest BCUT2D eigenvalue weighted by Crippen LogP contribution is 2.39. The third-order valence-electron chi connectivity index (χ3n) is 3.37. The molecule has 124 valence electrons. The Morgan fingerprint density at radius 1 is 1.09 bits per heavy atom. The lowest BCUT2D eigenvalue weighted by Gasteiger charge is -2.28. The molecule has 1 aromatic carbocycles. The van der Waals surface area contributed by atoms with Crippen LogP contribution in [0.3, 0.4) is 0 Å². The van der Waals surface area contributed by atoms with Crippen LogP contribution in [0.15, 0.2) is 12.1 Å². The second-order valence-corrected chi connectivity index (χ2v) is 8.22. The van der Waals surface area contributed by atoms with E-state index in [4.69, 9.17) is 4.89 Å². The van der Waals surface area contributed by atoms with Gasteiger partial charge in [-0.2, -0.15) is 0 Å². The average Bonchev–Trinajstić information content (AvgIpc) is 2.33. The first-order valence-electron chi connectivity index (χ1n) is 7.11. The summed E-state index contributed by atoms with van der Waals surface area (Å²) >= 11 is 0. The van der Waals surface area contributed by atoms with Gasteiger partial charge in [0.05, 0.1) is 0 Å². The van der Waals surface area contributed by atoms with Crippen molar-refractivity contribution in [1.29, 1.82) is 0 Å². The van der Waals surface area contributed by atoms with Gasteiger partial charge in [0.1, 0.15) is 12.4 Å². The third kappa shape index (κ3) is 4.67. The molecule has 0 aliphatic carbocycles. The van der Waals surface area contributed by atoms with Gasteiger partial charge in [-0.05, 0) is 23.0 Å². The fourth-order valence-electron chi connectivity index (χ4n) is 2.15. The van der Waals surface area contributed by atoms with Crippen LogP contribution in [0.1, 0.15) is 63.0 Å². The fourth-order valence-corrected chi connectivity index (χ4v) is 2.40. The van der Waals surface area contributed by atoms with Gasteiger partial charge in [-0.15, -0.1) is 0 Å². The second-order valence-electron chi connectivity index (χ2n) is 7.40. The lowest BCUT2D eigenvalue weighted by atomic mass is 9.78. The number of aromatic hydroxyl groups is 1. The van der Waals surface area contributed by atoms with Crippen LogP contribution in [-0.2, 0) is 19.9 Å². The van der Waals surface area contributed by atoms with Crippen LogP contribution in [0.2, 0.25) is 0 Å². The van der Waals surface area contributed by atoms with Gasteiger partial charge in [0.25, 0.3) is 0 Å². The van der Waals surface area contributed by atoms with Gasteiger partial charge in [0.15, 0.2) is 5.78 Å². The number of Topliss-reactive ketones (excluding diaryl/α,β-unsaturated/α-hetero) is 1. The number of carbonyl (C=O) groups excluding carboxylic acids is 1. The van der Waals surface area contributed by atoms with E-state index >= 15 is 0 Å². The molecule has 0 heterocycles. The predicted octanol–water partition coefficient (Wildman–Crippen LogP) is 3.57. The molecular formula is C16H25O5P. The summed E-state index contributed by atoms with van der Waals surface area (Å²) in [4.78, 5) is 20.9. The van der Waals surface area contributed by atoms with Crippen molar-refractivity contribution in [2.45, 2.75) is 52.4 Å². The van der Waals surface area contributed by atoms with Crippen molar-refractivity contribution in [2.75, 3.05) is 6.61 Å². The van der Waals surface area contributed by atoms with Crippen LogP contribution in [-0.4, -0.2) is 22.4 Å². The molecule has 1 atom stereocenters. The molecule has 1 aromatic rings. The summed E-state index contributed by atoms with van der Waals surface area (Å²) in [6.07, 6.45) is 0. The van der Waals surface area contributed by atoms with Crippen LogP contribution in [0.4, 0.5) is 0 Å². The van der Waals surface area contributed by atoms with Crippen molar-refractivity contribution in [2.24, 2.45) is 0 Å². The Kier molecular flexibility index (Phi) is 5.61. The number of phenols is 1. The van der Waals surface area contributed by atoms with Gasteiger partial charge in [-0.1, -0.05) is 41.5 Å². The quantitative estimate of drug-likeness (QED) is 0.652. The Hall–Kier alpha value is -1.16. The number of phenolic OH excluding ortho intramolecular Hbond substituents is 1.